The average Bonchev–Trinajstić information content (AvgIpc) is 2.63. The van der Waals surface area contributed by atoms with Crippen molar-refractivity contribution in [3.8, 4) is 0 Å². The summed E-state index contributed by atoms with van der Waals surface area (Å²) in [6.45, 7) is 2.55. The van der Waals surface area contributed by atoms with Crippen LogP contribution < -0.4 is 4.31 Å². The van der Waals surface area contributed by atoms with Crippen molar-refractivity contribution in [2.45, 2.75) is 32.2 Å². The SMILES string of the molecule is CCC(C(=O)N1CCC(C(=O)OC)CC1)N(c1cccc(Cl)c1)S(C)(=O)=O. The van der Waals surface area contributed by atoms with E-state index in [1.54, 1.807) is 30.0 Å². The highest BCUT2D eigenvalue weighted by molar-refractivity contribution is 7.92. The van der Waals surface area contributed by atoms with Gasteiger partial charge in [0.25, 0.3) is 0 Å². The number of benzene rings is 1. The van der Waals surface area contributed by atoms with Crippen molar-refractivity contribution >= 4 is 39.2 Å². The van der Waals surface area contributed by atoms with E-state index in [1.165, 1.54) is 13.2 Å². The van der Waals surface area contributed by atoms with Crippen molar-refractivity contribution in [1.82, 2.24) is 4.90 Å². The lowest BCUT2D eigenvalue weighted by Gasteiger charge is -2.37. The van der Waals surface area contributed by atoms with Crippen molar-refractivity contribution in [3.63, 3.8) is 0 Å². The molecule has 1 aliphatic heterocycles. The van der Waals surface area contributed by atoms with Crippen LogP contribution in [0.5, 0.6) is 0 Å². The summed E-state index contributed by atoms with van der Waals surface area (Å²) in [6.07, 6.45) is 2.40. The van der Waals surface area contributed by atoms with Crippen molar-refractivity contribution in [1.29, 1.82) is 0 Å². The number of sulfonamides is 1. The summed E-state index contributed by atoms with van der Waals surface area (Å²) in [7, 11) is -2.36. The molecule has 1 atom stereocenters. The fraction of sp³-hybridized carbons (Fsp3) is 0.556. The Bertz CT molecular complexity index is 791. The third kappa shape index (κ3) is 5.13. The second kappa shape index (κ2) is 8.93. The van der Waals surface area contributed by atoms with E-state index in [0.29, 0.717) is 43.1 Å². The monoisotopic (exact) mass is 416 g/mol. The second-order valence-corrected chi connectivity index (χ2v) is 8.88. The van der Waals surface area contributed by atoms with E-state index in [-0.39, 0.29) is 17.8 Å². The molecular weight excluding hydrogens is 392 g/mol. The van der Waals surface area contributed by atoms with E-state index < -0.39 is 16.1 Å². The van der Waals surface area contributed by atoms with Gasteiger partial charge in [0.2, 0.25) is 15.9 Å². The predicted octanol–water partition coefficient (Wildman–Crippen LogP) is 2.30. The highest BCUT2D eigenvalue weighted by Crippen LogP contribution is 2.27. The van der Waals surface area contributed by atoms with Crippen molar-refractivity contribution in [2.24, 2.45) is 5.92 Å². The van der Waals surface area contributed by atoms with Gasteiger partial charge in [0.05, 0.1) is 25.0 Å². The van der Waals surface area contributed by atoms with Crippen LogP contribution in [0.3, 0.4) is 0 Å². The highest BCUT2D eigenvalue weighted by atomic mass is 35.5. The summed E-state index contributed by atoms with van der Waals surface area (Å²) in [5.74, 6) is -0.768. The molecule has 150 valence electrons. The number of nitrogens with zero attached hydrogens (tertiary/aromatic N) is 2. The maximum atomic E-state index is 13.1. The smallest absolute Gasteiger partial charge is 0.308 e. The van der Waals surface area contributed by atoms with Crippen LogP contribution >= 0.6 is 11.6 Å². The molecule has 1 aromatic carbocycles. The van der Waals surface area contributed by atoms with E-state index in [1.807, 2.05) is 0 Å². The van der Waals surface area contributed by atoms with Gasteiger partial charge in [0, 0.05) is 18.1 Å². The van der Waals surface area contributed by atoms with Gasteiger partial charge in [-0.25, -0.2) is 8.42 Å². The summed E-state index contributed by atoms with van der Waals surface area (Å²) in [6, 6.07) is 5.57. The molecule has 2 rings (SSSR count). The van der Waals surface area contributed by atoms with Crippen LogP contribution in [0.4, 0.5) is 5.69 Å². The second-order valence-electron chi connectivity index (χ2n) is 6.59. The number of carbonyl (C=O) groups excluding carboxylic acids is 2. The van der Waals surface area contributed by atoms with Crippen LogP contribution in [0, 0.1) is 5.92 Å². The lowest BCUT2D eigenvalue weighted by Crippen LogP contribution is -2.52. The summed E-state index contributed by atoms with van der Waals surface area (Å²) in [5.41, 5.74) is 0.356. The van der Waals surface area contributed by atoms with Gasteiger partial charge >= 0.3 is 5.97 Å². The van der Waals surface area contributed by atoms with Crippen LogP contribution in [0.15, 0.2) is 24.3 Å². The Morgan fingerprint density at radius 1 is 1.33 bits per heavy atom. The first-order valence-corrected chi connectivity index (χ1v) is 11.0. The van der Waals surface area contributed by atoms with Gasteiger partial charge < -0.3 is 9.64 Å². The molecule has 1 saturated heterocycles. The number of carbonyl (C=O) groups is 2. The first-order chi connectivity index (χ1) is 12.7. The molecule has 7 nitrogen and oxygen atoms in total. The molecule has 1 aromatic rings. The van der Waals surface area contributed by atoms with E-state index >= 15 is 0 Å². The summed E-state index contributed by atoms with van der Waals surface area (Å²) in [4.78, 5) is 26.4. The Hall–Kier alpha value is -1.80. The Morgan fingerprint density at radius 2 is 1.96 bits per heavy atom. The topological polar surface area (TPSA) is 84.0 Å². The number of hydrogen-bond acceptors (Lipinski definition) is 5. The van der Waals surface area contributed by atoms with Gasteiger partial charge in [-0.05, 0) is 37.5 Å². The maximum Gasteiger partial charge on any atom is 0.308 e. The van der Waals surface area contributed by atoms with Crippen molar-refractivity contribution < 1.29 is 22.7 Å². The Morgan fingerprint density at radius 3 is 2.44 bits per heavy atom. The van der Waals surface area contributed by atoms with Crippen LogP contribution in [0.1, 0.15) is 26.2 Å². The van der Waals surface area contributed by atoms with Crippen LogP contribution in [-0.4, -0.2) is 57.7 Å². The number of halogens is 1. The molecule has 1 heterocycles. The molecule has 0 aromatic heterocycles. The number of piperidine rings is 1. The molecule has 27 heavy (non-hydrogen) atoms. The lowest BCUT2D eigenvalue weighted by molar-refractivity contribution is -0.149. The van der Waals surface area contributed by atoms with Gasteiger partial charge in [-0.1, -0.05) is 24.6 Å². The zero-order chi connectivity index (χ0) is 20.2. The normalized spacial score (nSPS) is 16.7. The molecule has 0 spiro atoms. The fourth-order valence-corrected chi connectivity index (χ4v) is 4.75. The van der Waals surface area contributed by atoms with Crippen LogP contribution in [0.2, 0.25) is 5.02 Å². The molecule has 9 heteroatoms. The standard InChI is InChI=1S/C18H25ClN2O5S/c1-4-16(17(22)20-10-8-13(9-11-20)18(23)26-2)21(27(3,24)25)15-7-5-6-14(19)12-15/h5-7,12-13,16H,4,8-11H2,1-3H3. The minimum absolute atomic E-state index is 0.224. The van der Waals surface area contributed by atoms with E-state index in [2.05, 4.69) is 0 Å². The average molecular weight is 417 g/mol. The Balaban J connectivity index is 2.24. The Labute approximate surface area is 165 Å². The number of esters is 1. The zero-order valence-corrected chi connectivity index (χ0v) is 17.3. The molecule has 1 amide bonds. The highest BCUT2D eigenvalue weighted by Gasteiger charge is 2.36. The summed E-state index contributed by atoms with van der Waals surface area (Å²) >= 11 is 6.01. The quantitative estimate of drug-likeness (QED) is 0.664. The molecule has 0 radical (unpaired) electrons. The van der Waals surface area contributed by atoms with Crippen LogP contribution in [-0.2, 0) is 24.3 Å². The number of methoxy groups -OCH3 is 1. The van der Waals surface area contributed by atoms with Gasteiger partial charge in [-0.2, -0.15) is 0 Å². The van der Waals surface area contributed by atoms with Crippen molar-refractivity contribution in [2.75, 3.05) is 30.8 Å². The molecule has 0 aliphatic carbocycles. The molecule has 1 fully saturated rings. The number of hydrogen-bond donors (Lipinski definition) is 0. The lowest BCUT2D eigenvalue weighted by atomic mass is 9.96. The van der Waals surface area contributed by atoms with Crippen LogP contribution in [0.25, 0.3) is 0 Å². The number of ether oxygens (including phenoxy) is 1. The zero-order valence-electron chi connectivity index (χ0n) is 15.7. The Kier molecular flexibility index (Phi) is 7.11. The fourth-order valence-electron chi connectivity index (χ4n) is 3.37. The summed E-state index contributed by atoms with van der Waals surface area (Å²) in [5, 5.41) is 0.391. The van der Waals surface area contributed by atoms with E-state index in [4.69, 9.17) is 16.3 Å². The van der Waals surface area contributed by atoms with E-state index in [9.17, 15) is 18.0 Å². The van der Waals surface area contributed by atoms with Gasteiger partial charge in [0.15, 0.2) is 0 Å². The molecule has 1 unspecified atom stereocenters. The van der Waals surface area contributed by atoms with Gasteiger partial charge in [-0.15, -0.1) is 0 Å². The third-order valence-electron chi connectivity index (χ3n) is 4.72. The van der Waals surface area contributed by atoms with Gasteiger partial charge in [0.1, 0.15) is 6.04 Å². The molecule has 0 saturated carbocycles. The molecular formula is C18H25ClN2O5S. The summed E-state index contributed by atoms with van der Waals surface area (Å²) < 4.78 is 30.8. The maximum absolute atomic E-state index is 13.1. The molecule has 0 bridgehead atoms. The first kappa shape index (κ1) is 21.5. The van der Waals surface area contributed by atoms with E-state index in [0.717, 1.165) is 10.6 Å². The minimum atomic E-state index is -3.70. The van der Waals surface area contributed by atoms with Crippen molar-refractivity contribution in [3.05, 3.63) is 29.3 Å². The number of amides is 1. The minimum Gasteiger partial charge on any atom is -0.469 e. The predicted molar refractivity (Wildman–Crippen MR) is 104 cm³/mol. The molecule has 1 aliphatic rings. The first-order valence-electron chi connectivity index (χ1n) is 8.80. The third-order valence-corrected chi connectivity index (χ3v) is 6.13. The largest absolute Gasteiger partial charge is 0.469 e. The number of likely N-dealkylation sites (tertiary alicyclic amines) is 1. The number of anilines is 1. The number of rotatable bonds is 6. The van der Waals surface area contributed by atoms with Gasteiger partial charge in [-0.3, -0.25) is 13.9 Å². The molecule has 0 N–H and O–H groups in total.